The fraction of sp³-hybridized carbons (Fsp3) is 0.143. The van der Waals surface area contributed by atoms with Gasteiger partial charge in [-0.15, -0.1) is 5.10 Å². The molecule has 1 atom stereocenters. The summed E-state index contributed by atoms with van der Waals surface area (Å²) >= 11 is 6.33. The Balaban J connectivity index is 1.47. The predicted molar refractivity (Wildman–Crippen MR) is 111 cm³/mol. The Labute approximate surface area is 184 Å². The van der Waals surface area contributed by atoms with Crippen molar-refractivity contribution in [1.29, 1.82) is 0 Å². The van der Waals surface area contributed by atoms with Crippen LogP contribution in [-0.2, 0) is 6.42 Å². The Hall–Kier alpha value is -3.79. The van der Waals surface area contributed by atoms with Gasteiger partial charge in [-0.3, -0.25) is 0 Å². The molecular weight excluding hydrogens is 440 g/mol. The van der Waals surface area contributed by atoms with Gasteiger partial charge in [-0.05, 0) is 30.3 Å². The first-order valence-electron chi connectivity index (χ1n) is 9.80. The van der Waals surface area contributed by atoms with Gasteiger partial charge in [0.2, 0.25) is 0 Å². The topological polar surface area (TPSA) is 88.1 Å². The van der Waals surface area contributed by atoms with Gasteiger partial charge in [0.05, 0.1) is 28.3 Å². The minimum Gasteiger partial charge on any atom is -0.403 e. The van der Waals surface area contributed by atoms with Gasteiger partial charge in [0.1, 0.15) is 23.2 Å². The molecule has 0 bridgehead atoms. The molecule has 0 spiro atoms. The number of anilines is 1. The van der Waals surface area contributed by atoms with E-state index in [0.717, 1.165) is 29.0 Å². The highest BCUT2D eigenvalue weighted by molar-refractivity contribution is 6.33. The zero-order chi connectivity index (χ0) is 21.8. The van der Waals surface area contributed by atoms with Gasteiger partial charge in [-0.1, -0.05) is 22.8 Å². The van der Waals surface area contributed by atoms with Crippen molar-refractivity contribution >= 4 is 23.1 Å². The summed E-state index contributed by atoms with van der Waals surface area (Å²) in [6, 6.07) is 8.68. The van der Waals surface area contributed by atoms with Crippen molar-refractivity contribution in [2.75, 3.05) is 11.4 Å². The smallest absolute Gasteiger partial charge is 0.319 e. The standard InChI is InChI=1S/C21H14ClF2N7O/c22-11-3-2-7-31-16(11)9-15(29-31)19-18-14(25-10-26-18)6-8-30(19)21-28-27-20(32-21)17-12(23)4-1-5-13(17)24/h1-5,7,9-10,19H,6,8H2,(H,25,26)/t19-/m0/s1. The number of hydrogen-bond donors (Lipinski definition) is 1. The molecule has 1 aliphatic rings. The van der Waals surface area contributed by atoms with Crippen LogP contribution in [-0.4, -0.2) is 36.3 Å². The van der Waals surface area contributed by atoms with Crippen molar-refractivity contribution in [3.63, 3.8) is 0 Å². The number of rotatable bonds is 3. The number of H-pyrrole nitrogens is 1. The van der Waals surface area contributed by atoms with E-state index in [-0.39, 0.29) is 17.5 Å². The lowest BCUT2D eigenvalue weighted by atomic mass is 10.0. The molecule has 1 N–H and O–H groups in total. The third-order valence-corrected chi connectivity index (χ3v) is 5.83. The minimum absolute atomic E-state index is 0.115. The summed E-state index contributed by atoms with van der Waals surface area (Å²) in [7, 11) is 0. The summed E-state index contributed by atoms with van der Waals surface area (Å²) in [5, 5.41) is 13.2. The number of imidazole rings is 1. The molecule has 0 saturated heterocycles. The highest BCUT2D eigenvalue weighted by atomic mass is 35.5. The first-order valence-corrected chi connectivity index (χ1v) is 10.2. The van der Waals surface area contributed by atoms with E-state index in [9.17, 15) is 8.78 Å². The van der Waals surface area contributed by atoms with Gasteiger partial charge in [0, 0.05) is 24.9 Å². The van der Waals surface area contributed by atoms with Crippen LogP contribution in [0.2, 0.25) is 5.02 Å². The molecule has 8 nitrogen and oxygen atoms in total. The minimum atomic E-state index is -0.778. The van der Waals surface area contributed by atoms with E-state index in [4.69, 9.17) is 16.0 Å². The van der Waals surface area contributed by atoms with E-state index in [2.05, 4.69) is 25.3 Å². The number of benzene rings is 1. The van der Waals surface area contributed by atoms with E-state index in [1.165, 1.54) is 6.07 Å². The van der Waals surface area contributed by atoms with E-state index in [1.807, 2.05) is 11.0 Å². The number of pyridine rings is 1. The van der Waals surface area contributed by atoms with Gasteiger partial charge >= 0.3 is 6.01 Å². The average Bonchev–Trinajstić information content (AvgIpc) is 3.52. The molecule has 0 radical (unpaired) electrons. The number of halogens is 3. The SMILES string of the molecule is Fc1cccc(F)c1-c1nnc(N2CCc3[nH]cnc3[C@@H]2c2cc3c(Cl)cccn3n2)o1. The molecule has 0 unspecified atom stereocenters. The van der Waals surface area contributed by atoms with Gasteiger partial charge in [-0.25, -0.2) is 18.3 Å². The Morgan fingerprint density at radius 2 is 1.97 bits per heavy atom. The summed E-state index contributed by atoms with van der Waals surface area (Å²) in [6.45, 7) is 0.503. The van der Waals surface area contributed by atoms with Crippen LogP contribution in [0.15, 0.2) is 53.3 Å². The van der Waals surface area contributed by atoms with Crippen molar-refractivity contribution in [1.82, 2.24) is 29.8 Å². The second kappa shape index (κ2) is 7.13. The normalized spacial score (nSPS) is 16.0. The molecule has 0 fully saturated rings. The first kappa shape index (κ1) is 18.9. The molecule has 0 aliphatic carbocycles. The van der Waals surface area contributed by atoms with E-state index in [1.54, 1.807) is 29.2 Å². The average molecular weight is 454 g/mol. The maximum absolute atomic E-state index is 14.2. The molecule has 160 valence electrons. The zero-order valence-corrected chi connectivity index (χ0v) is 17.1. The number of hydrogen-bond acceptors (Lipinski definition) is 6. The Morgan fingerprint density at radius 3 is 2.78 bits per heavy atom. The molecule has 11 heteroatoms. The van der Waals surface area contributed by atoms with Crippen molar-refractivity contribution in [2.24, 2.45) is 0 Å². The summed E-state index contributed by atoms with van der Waals surface area (Å²) in [4.78, 5) is 9.47. The van der Waals surface area contributed by atoms with Gasteiger partial charge in [0.25, 0.3) is 5.89 Å². The lowest BCUT2D eigenvalue weighted by Crippen LogP contribution is -2.36. The Morgan fingerprint density at radius 1 is 1.12 bits per heavy atom. The van der Waals surface area contributed by atoms with Gasteiger partial charge in [0.15, 0.2) is 0 Å². The van der Waals surface area contributed by atoms with Crippen LogP contribution in [0.1, 0.15) is 23.1 Å². The Bertz CT molecular complexity index is 1440. The molecule has 5 heterocycles. The molecule has 1 aliphatic heterocycles. The monoisotopic (exact) mass is 453 g/mol. The molecule has 32 heavy (non-hydrogen) atoms. The number of nitrogens with zero attached hydrogens (tertiary/aromatic N) is 6. The van der Waals surface area contributed by atoms with E-state index in [0.29, 0.717) is 23.7 Å². The van der Waals surface area contributed by atoms with Gasteiger partial charge < -0.3 is 14.3 Å². The highest BCUT2D eigenvalue weighted by Crippen LogP contribution is 2.38. The maximum Gasteiger partial charge on any atom is 0.319 e. The van der Waals surface area contributed by atoms with Crippen LogP contribution >= 0.6 is 11.6 Å². The van der Waals surface area contributed by atoms with Crippen molar-refractivity contribution in [2.45, 2.75) is 12.5 Å². The first-order chi connectivity index (χ1) is 15.6. The summed E-state index contributed by atoms with van der Waals surface area (Å²) < 4.78 is 35.9. The molecule has 0 amide bonds. The number of aromatic amines is 1. The maximum atomic E-state index is 14.2. The molecule has 6 rings (SSSR count). The van der Waals surface area contributed by atoms with Crippen LogP contribution in [0.3, 0.4) is 0 Å². The molecule has 1 aromatic carbocycles. The highest BCUT2D eigenvalue weighted by Gasteiger charge is 2.36. The van der Waals surface area contributed by atoms with Crippen LogP contribution in [0.4, 0.5) is 14.8 Å². The quantitative estimate of drug-likeness (QED) is 0.440. The summed E-state index contributed by atoms with van der Waals surface area (Å²) in [5.74, 6) is -1.79. The van der Waals surface area contributed by atoms with Crippen molar-refractivity contribution in [3.05, 3.63) is 82.7 Å². The van der Waals surface area contributed by atoms with Crippen LogP contribution in [0.25, 0.3) is 17.0 Å². The third-order valence-electron chi connectivity index (χ3n) is 5.51. The lowest BCUT2D eigenvalue weighted by Gasteiger charge is -2.32. The third kappa shape index (κ3) is 2.87. The summed E-state index contributed by atoms with van der Waals surface area (Å²) in [6.07, 6.45) is 4.07. The van der Waals surface area contributed by atoms with E-state index < -0.39 is 17.7 Å². The number of aromatic nitrogens is 6. The van der Waals surface area contributed by atoms with Crippen LogP contribution in [0, 0.1) is 11.6 Å². The van der Waals surface area contributed by atoms with Crippen LogP contribution < -0.4 is 4.90 Å². The van der Waals surface area contributed by atoms with E-state index >= 15 is 0 Å². The number of nitrogens with one attached hydrogen (secondary N) is 1. The second-order valence-corrected chi connectivity index (χ2v) is 7.76. The zero-order valence-electron chi connectivity index (χ0n) is 16.3. The fourth-order valence-electron chi connectivity index (χ4n) is 4.05. The van der Waals surface area contributed by atoms with Gasteiger partial charge in [-0.2, -0.15) is 5.10 Å². The predicted octanol–water partition coefficient (Wildman–Crippen LogP) is 4.19. The fourth-order valence-corrected chi connectivity index (χ4v) is 4.26. The van der Waals surface area contributed by atoms with Crippen molar-refractivity contribution in [3.8, 4) is 11.5 Å². The molecular formula is C21H14ClF2N7O. The van der Waals surface area contributed by atoms with Crippen molar-refractivity contribution < 1.29 is 13.2 Å². The Kier molecular flexibility index (Phi) is 4.22. The molecule has 0 saturated carbocycles. The molecule has 4 aromatic heterocycles. The lowest BCUT2D eigenvalue weighted by molar-refractivity contribution is 0.496. The summed E-state index contributed by atoms with van der Waals surface area (Å²) in [5.41, 5.74) is 2.77. The largest absolute Gasteiger partial charge is 0.403 e. The second-order valence-electron chi connectivity index (χ2n) is 7.35. The number of fused-ring (bicyclic) bond motifs is 2. The molecule has 5 aromatic rings. The van der Waals surface area contributed by atoms with Crippen LogP contribution in [0.5, 0.6) is 0 Å².